The Morgan fingerprint density at radius 1 is 1.05 bits per heavy atom. The SMILES string of the molecule is COc1cccc2ccc(CNc3ccccc3Cl)nc12. The Bertz CT molecular complexity index is 774. The summed E-state index contributed by atoms with van der Waals surface area (Å²) >= 11 is 6.13. The predicted octanol–water partition coefficient (Wildman–Crippen LogP) is 4.51. The van der Waals surface area contributed by atoms with Crippen LogP contribution in [-0.2, 0) is 6.54 Å². The highest BCUT2D eigenvalue weighted by Gasteiger charge is 2.05. The van der Waals surface area contributed by atoms with Crippen LogP contribution < -0.4 is 10.1 Å². The zero-order chi connectivity index (χ0) is 14.7. The number of methoxy groups -OCH3 is 1. The second-order valence-corrected chi connectivity index (χ2v) is 5.08. The molecule has 3 nitrogen and oxygen atoms in total. The molecule has 0 amide bonds. The fourth-order valence-electron chi connectivity index (χ4n) is 2.21. The number of hydrogen-bond acceptors (Lipinski definition) is 3. The van der Waals surface area contributed by atoms with Crippen LogP contribution in [0.3, 0.4) is 0 Å². The Morgan fingerprint density at radius 2 is 1.90 bits per heavy atom. The summed E-state index contributed by atoms with van der Waals surface area (Å²) in [4.78, 5) is 4.66. The van der Waals surface area contributed by atoms with Crippen molar-refractivity contribution in [3.8, 4) is 5.75 Å². The number of nitrogens with one attached hydrogen (secondary N) is 1. The van der Waals surface area contributed by atoms with E-state index in [1.165, 1.54) is 0 Å². The predicted molar refractivity (Wildman–Crippen MR) is 87.1 cm³/mol. The van der Waals surface area contributed by atoms with Gasteiger partial charge < -0.3 is 10.1 Å². The Hall–Kier alpha value is -2.26. The third-order valence-electron chi connectivity index (χ3n) is 3.29. The highest BCUT2D eigenvalue weighted by molar-refractivity contribution is 6.33. The minimum atomic E-state index is 0.609. The van der Waals surface area contributed by atoms with E-state index in [0.29, 0.717) is 11.6 Å². The van der Waals surface area contributed by atoms with E-state index in [0.717, 1.165) is 28.0 Å². The monoisotopic (exact) mass is 298 g/mol. The van der Waals surface area contributed by atoms with E-state index in [2.05, 4.69) is 16.4 Å². The quantitative estimate of drug-likeness (QED) is 0.769. The van der Waals surface area contributed by atoms with Gasteiger partial charge in [0, 0.05) is 5.39 Å². The molecule has 1 N–H and O–H groups in total. The molecule has 0 aliphatic carbocycles. The van der Waals surface area contributed by atoms with Gasteiger partial charge in [0.25, 0.3) is 0 Å². The molecule has 2 aromatic carbocycles. The second kappa shape index (κ2) is 6.02. The maximum atomic E-state index is 6.13. The maximum Gasteiger partial charge on any atom is 0.145 e. The molecule has 3 rings (SSSR count). The van der Waals surface area contributed by atoms with Crippen LogP contribution in [0.25, 0.3) is 10.9 Å². The lowest BCUT2D eigenvalue weighted by Gasteiger charge is -2.09. The molecular weight excluding hydrogens is 284 g/mol. The first kappa shape index (κ1) is 13.7. The van der Waals surface area contributed by atoms with E-state index >= 15 is 0 Å². The summed E-state index contributed by atoms with van der Waals surface area (Å²) in [7, 11) is 1.66. The summed E-state index contributed by atoms with van der Waals surface area (Å²) < 4.78 is 5.36. The Balaban J connectivity index is 1.86. The lowest BCUT2D eigenvalue weighted by Crippen LogP contribution is -2.02. The zero-order valence-corrected chi connectivity index (χ0v) is 12.4. The van der Waals surface area contributed by atoms with Gasteiger partial charge in [0.1, 0.15) is 11.3 Å². The first-order valence-corrected chi connectivity index (χ1v) is 7.07. The van der Waals surface area contributed by atoms with Gasteiger partial charge in [-0.05, 0) is 24.3 Å². The molecule has 0 bridgehead atoms. The molecular formula is C17H15ClN2O. The molecule has 0 spiro atoms. The highest BCUT2D eigenvalue weighted by atomic mass is 35.5. The van der Waals surface area contributed by atoms with E-state index < -0.39 is 0 Å². The topological polar surface area (TPSA) is 34.1 Å². The molecule has 0 unspecified atom stereocenters. The molecule has 0 aliphatic rings. The van der Waals surface area contributed by atoms with E-state index in [1.807, 2.05) is 48.5 Å². The average Bonchev–Trinajstić information content (AvgIpc) is 2.53. The van der Waals surface area contributed by atoms with Gasteiger partial charge in [0.05, 0.1) is 30.1 Å². The number of rotatable bonds is 4. The van der Waals surface area contributed by atoms with Gasteiger partial charge in [0.2, 0.25) is 0 Å². The van der Waals surface area contributed by atoms with Gasteiger partial charge in [-0.3, -0.25) is 0 Å². The van der Waals surface area contributed by atoms with Gasteiger partial charge >= 0.3 is 0 Å². The molecule has 1 aromatic heterocycles. The molecule has 0 saturated heterocycles. The molecule has 3 aromatic rings. The lowest BCUT2D eigenvalue weighted by atomic mass is 10.2. The standard InChI is InChI=1S/C17H15ClN2O/c1-21-16-8-4-5-12-9-10-13(20-17(12)16)11-19-15-7-3-2-6-14(15)18/h2-10,19H,11H2,1H3. The largest absolute Gasteiger partial charge is 0.494 e. The van der Waals surface area contributed by atoms with Gasteiger partial charge in [-0.2, -0.15) is 0 Å². The molecule has 0 saturated carbocycles. The summed E-state index contributed by atoms with van der Waals surface area (Å²) in [5, 5.41) is 5.07. The van der Waals surface area contributed by atoms with E-state index in [1.54, 1.807) is 7.11 Å². The fourth-order valence-corrected chi connectivity index (χ4v) is 2.42. The van der Waals surface area contributed by atoms with Crippen molar-refractivity contribution < 1.29 is 4.74 Å². The number of nitrogens with zero attached hydrogens (tertiary/aromatic N) is 1. The van der Waals surface area contributed by atoms with Crippen LogP contribution >= 0.6 is 11.6 Å². The summed E-state index contributed by atoms with van der Waals surface area (Å²) in [5.74, 6) is 0.784. The minimum absolute atomic E-state index is 0.609. The first-order chi connectivity index (χ1) is 10.3. The van der Waals surface area contributed by atoms with Crippen molar-refractivity contribution in [3.05, 3.63) is 65.3 Å². The van der Waals surface area contributed by atoms with Crippen molar-refractivity contribution in [3.63, 3.8) is 0 Å². The van der Waals surface area contributed by atoms with Crippen molar-refractivity contribution in [1.82, 2.24) is 4.98 Å². The average molecular weight is 299 g/mol. The highest BCUT2D eigenvalue weighted by Crippen LogP contribution is 2.24. The molecule has 1 heterocycles. The van der Waals surface area contributed by atoms with E-state index in [-0.39, 0.29) is 0 Å². The van der Waals surface area contributed by atoms with Gasteiger partial charge in [-0.25, -0.2) is 4.98 Å². The van der Waals surface area contributed by atoms with E-state index in [9.17, 15) is 0 Å². The molecule has 4 heteroatoms. The number of hydrogen-bond donors (Lipinski definition) is 1. The molecule has 21 heavy (non-hydrogen) atoms. The third-order valence-corrected chi connectivity index (χ3v) is 3.62. The van der Waals surface area contributed by atoms with Crippen molar-refractivity contribution in [2.45, 2.75) is 6.54 Å². The number of anilines is 1. The third kappa shape index (κ3) is 2.93. The minimum Gasteiger partial charge on any atom is -0.494 e. The Morgan fingerprint density at radius 3 is 2.71 bits per heavy atom. The van der Waals surface area contributed by atoms with Gasteiger partial charge in [-0.1, -0.05) is 41.9 Å². The van der Waals surface area contributed by atoms with Gasteiger partial charge in [0.15, 0.2) is 0 Å². The number of benzene rings is 2. The molecule has 0 radical (unpaired) electrons. The Kier molecular flexibility index (Phi) is 3.93. The summed E-state index contributed by atoms with van der Waals surface area (Å²) in [6.45, 7) is 0.609. The van der Waals surface area contributed by atoms with Crippen molar-refractivity contribution in [2.75, 3.05) is 12.4 Å². The first-order valence-electron chi connectivity index (χ1n) is 6.69. The number of aromatic nitrogens is 1. The number of fused-ring (bicyclic) bond motifs is 1. The van der Waals surface area contributed by atoms with Crippen LogP contribution in [0.4, 0.5) is 5.69 Å². The van der Waals surface area contributed by atoms with Crippen LogP contribution in [0.15, 0.2) is 54.6 Å². The maximum absolute atomic E-state index is 6.13. The number of pyridine rings is 1. The molecule has 0 aliphatic heterocycles. The lowest BCUT2D eigenvalue weighted by molar-refractivity contribution is 0.419. The normalized spacial score (nSPS) is 10.6. The summed E-state index contributed by atoms with van der Waals surface area (Å²) in [6.07, 6.45) is 0. The number of halogens is 1. The molecule has 0 atom stereocenters. The van der Waals surface area contributed by atoms with Crippen molar-refractivity contribution >= 4 is 28.2 Å². The number of para-hydroxylation sites is 2. The second-order valence-electron chi connectivity index (χ2n) is 4.67. The van der Waals surface area contributed by atoms with Crippen molar-refractivity contribution in [2.24, 2.45) is 0 Å². The van der Waals surface area contributed by atoms with Crippen molar-refractivity contribution in [1.29, 1.82) is 0 Å². The smallest absolute Gasteiger partial charge is 0.145 e. The zero-order valence-electron chi connectivity index (χ0n) is 11.6. The van der Waals surface area contributed by atoms with Crippen LogP contribution in [0.2, 0.25) is 5.02 Å². The van der Waals surface area contributed by atoms with Crippen LogP contribution in [0.1, 0.15) is 5.69 Å². The van der Waals surface area contributed by atoms with Gasteiger partial charge in [-0.15, -0.1) is 0 Å². The number of ether oxygens (including phenoxy) is 1. The fraction of sp³-hybridized carbons (Fsp3) is 0.118. The van der Waals surface area contributed by atoms with Crippen LogP contribution in [0, 0.1) is 0 Å². The molecule has 0 fully saturated rings. The summed E-state index contributed by atoms with van der Waals surface area (Å²) in [5.41, 5.74) is 2.71. The van der Waals surface area contributed by atoms with Crippen LogP contribution in [-0.4, -0.2) is 12.1 Å². The van der Waals surface area contributed by atoms with E-state index in [4.69, 9.17) is 16.3 Å². The Labute approximate surface area is 128 Å². The molecule has 106 valence electrons. The van der Waals surface area contributed by atoms with Crippen LogP contribution in [0.5, 0.6) is 5.75 Å². The summed E-state index contributed by atoms with van der Waals surface area (Å²) in [6, 6.07) is 17.6.